The van der Waals surface area contributed by atoms with Crippen LogP contribution in [0.5, 0.6) is 0 Å². The van der Waals surface area contributed by atoms with Gasteiger partial charge in [-0.1, -0.05) is 30.3 Å². The van der Waals surface area contributed by atoms with Gasteiger partial charge in [0, 0.05) is 11.5 Å². The van der Waals surface area contributed by atoms with E-state index in [0.29, 0.717) is 5.92 Å². The summed E-state index contributed by atoms with van der Waals surface area (Å²) < 4.78 is 0. The number of nitrogens with two attached hydrogens (primary N) is 1. The molecule has 1 saturated heterocycles. The monoisotopic (exact) mass is 230 g/mol. The molecule has 2 aliphatic rings. The van der Waals surface area contributed by atoms with Crippen LogP contribution in [-0.4, -0.2) is 30.6 Å². The van der Waals surface area contributed by atoms with Gasteiger partial charge in [0.25, 0.3) is 0 Å². The summed E-state index contributed by atoms with van der Waals surface area (Å²) in [6.07, 6.45) is 3.73. The summed E-state index contributed by atoms with van der Waals surface area (Å²) in [6.45, 7) is 2.43. The third kappa shape index (κ3) is 2.00. The zero-order valence-corrected chi connectivity index (χ0v) is 10.6. The maximum absolute atomic E-state index is 6.62. The Hall–Kier alpha value is -0.860. The standard InChI is InChI=1S/C15H22N2/c1-17-9-7-13(8-10-17)15(16)11-14(15)12-5-3-2-4-6-12/h2-6,13-14H,7-11,16H2,1H3. The van der Waals surface area contributed by atoms with Crippen molar-refractivity contribution in [3.63, 3.8) is 0 Å². The number of hydrogen-bond acceptors (Lipinski definition) is 2. The van der Waals surface area contributed by atoms with E-state index in [1.165, 1.54) is 37.9 Å². The van der Waals surface area contributed by atoms with Crippen LogP contribution in [0.25, 0.3) is 0 Å². The normalized spacial score (nSPS) is 34.8. The molecule has 1 aliphatic carbocycles. The van der Waals surface area contributed by atoms with Gasteiger partial charge < -0.3 is 10.6 Å². The first kappa shape index (κ1) is 11.2. The van der Waals surface area contributed by atoms with Crippen LogP contribution in [0.2, 0.25) is 0 Å². The molecule has 0 aromatic heterocycles. The van der Waals surface area contributed by atoms with Gasteiger partial charge in [0.15, 0.2) is 0 Å². The van der Waals surface area contributed by atoms with Gasteiger partial charge in [0.1, 0.15) is 0 Å². The maximum atomic E-state index is 6.62. The van der Waals surface area contributed by atoms with Crippen molar-refractivity contribution in [3.8, 4) is 0 Å². The summed E-state index contributed by atoms with van der Waals surface area (Å²) in [6, 6.07) is 10.8. The molecule has 1 saturated carbocycles. The van der Waals surface area contributed by atoms with Crippen LogP contribution in [0.1, 0.15) is 30.7 Å². The highest BCUT2D eigenvalue weighted by Gasteiger charge is 2.56. The van der Waals surface area contributed by atoms with Gasteiger partial charge in [0.05, 0.1) is 0 Å². The van der Waals surface area contributed by atoms with Gasteiger partial charge >= 0.3 is 0 Å². The van der Waals surface area contributed by atoms with Gasteiger partial charge in [-0.05, 0) is 50.9 Å². The van der Waals surface area contributed by atoms with Gasteiger partial charge in [-0.2, -0.15) is 0 Å². The zero-order chi connectivity index (χ0) is 11.9. The molecule has 1 aromatic rings. The third-order valence-electron chi connectivity index (χ3n) is 4.73. The summed E-state index contributed by atoms with van der Waals surface area (Å²) in [4.78, 5) is 2.42. The van der Waals surface area contributed by atoms with Crippen molar-refractivity contribution in [3.05, 3.63) is 35.9 Å². The Kier molecular flexibility index (Phi) is 2.72. The lowest BCUT2D eigenvalue weighted by atomic mass is 9.85. The first-order chi connectivity index (χ1) is 8.20. The van der Waals surface area contributed by atoms with E-state index in [-0.39, 0.29) is 5.54 Å². The van der Waals surface area contributed by atoms with Gasteiger partial charge in [-0.15, -0.1) is 0 Å². The molecular formula is C15H22N2. The highest BCUT2D eigenvalue weighted by atomic mass is 15.1. The van der Waals surface area contributed by atoms with Crippen LogP contribution in [-0.2, 0) is 0 Å². The average molecular weight is 230 g/mol. The fourth-order valence-corrected chi connectivity index (χ4v) is 3.41. The Morgan fingerprint density at radius 2 is 1.82 bits per heavy atom. The quantitative estimate of drug-likeness (QED) is 0.844. The van der Waals surface area contributed by atoms with E-state index < -0.39 is 0 Å². The van der Waals surface area contributed by atoms with Gasteiger partial charge in [0.2, 0.25) is 0 Å². The van der Waals surface area contributed by atoms with E-state index >= 15 is 0 Å². The lowest BCUT2D eigenvalue weighted by Crippen LogP contribution is -2.42. The van der Waals surface area contributed by atoms with Crippen molar-refractivity contribution in [2.45, 2.75) is 30.7 Å². The molecule has 3 rings (SSSR count). The molecule has 2 fully saturated rings. The Morgan fingerprint density at radius 1 is 1.18 bits per heavy atom. The molecule has 92 valence electrons. The third-order valence-corrected chi connectivity index (χ3v) is 4.73. The lowest BCUT2D eigenvalue weighted by molar-refractivity contribution is 0.189. The van der Waals surface area contributed by atoms with Crippen molar-refractivity contribution >= 4 is 0 Å². The van der Waals surface area contributed by atoms with Crippen molar-refractivity contribution in [2.24, 2.45) is 11.7 Å². The molecular weight excluding hydrogens is 208 g/mol. The molecule has 0 radical (unpaired) electrons. The maximum Gasteiger partial charge on any atom is 0.0260 e. The topological polar surface area (TPSA) is 29.3 Å². The smallest absolute Gasteiger partial charge is 0.0260 e. The number of piperidine rings is 1. The Labute approximate surface area is 104 Å². The molecule has 17 heavy (non-hydrogen) atoms. The summed E-state index contributed by atoms with van der Waals surface area (Å²) in [5.74, 6) is 1.33. The fraction of sp³-hybridized carbons (Fsp3) is 0.600. The highest BCUT2D eigenvalue weighted by molar-refractivity contribution is 5.33. The first-order valence-electron chi connectivity index (χ1n) is 6.72. The molecule has 1 aliphatic heterocycles. The van der Waals surface area contributed by atoms with Crippen LogP contribution in [0, 0.1) is 5.92 Å². The minimum atomic E-state index is 0.0998. The number of rotatable bonds is 2. The SMILES string of the molecule is CN1CCC(C2(N)CC2c2ccccc2)CC1. The van der Waals surface area contributed by atoms with E-state index in [1.54, 1.807) is 0 Å². The predicted molar refractivity (Wildman–Crippen MR) is 70.9 cm³/mol. The lowest BCUT2D eigenvalue weighted by Gasteiger charge is -2.33. The van der Waals surface area contributed by atoms with E-state index in [0.717, 1.165) is 5.92 Å². The molecule has 1 heterocycles. The number of hydrogen-bond donors (Lipinski definition) is 1. The number of likely N-dealkylation sites (tertiary alicyclic amines) is 1. The largest absolute Gasteiger partial charge is 0.324 e. The Morgan fingerprint density at radius 3 is 2.47 bits per heavy atom. The molecule has 2 unspecified atom stereocenters. The molecule has 2 heteroatoms. The van der Waals surface area contributed by atoms with Crippen molar-refractivity contribution in [1.29, 1.82) is 0 Å². The van der Waals surface area contributed by atoms with Crippen LogP contribution >= 0.6 is 0 Å². The van der Waals surface area contributed by atoms with Crippen molar-refractivity contribution in [2.75, 3.05) is 20.1 Å². The molecule has 0 spiro atoms. The summed E-state index contributed by atoms with van der Waals surface area (Å²) >= 11 is 0. The molecule has 2 N–H and O–H groups in total. The summed E-state index contributed by atoms with van der Waals surface area (Å²) in [5, 5.41) is 0. The van der Waals surface area contributed by atoms with Crippen molar-refractivity contribution < 1.29 is 0 Å². The Balaban J connectivity index is 1.69. The first-order valence-corrected chi connectivity index (χ1v) is 6.72. The molecule has 0 amide bonds. The van der Waals surface area contributed by atoms with Gasteiger partial charge in [-0.25, -0.2) is 0 Å². The molecule has 2 atom stereocenters. The van der Waals surface area contributed by atoms with E-state index in [1.807, 2.05) is 0 Å². The van der Waals surface area contributed by atoms with E-state index in [9.17, 15) is 0 Å². The van der Waals surface area contributed by atoms with E-state index in [2.05, 4.69) is 42.3 Å². The second kappa shape index (κ2) is 4.11. The summed E-state index contributed by atoms with van der Waals surface area (Å²) in [5.41, 5.74) is 8.16. The van der Waals surface area contributed by atoms with Crippen LogP contribution < -0.4 is 5.73 Å². The second-order valence-electron chi connectivity index (χ2n) is 5.86. The predicted octanol–water partition coefficient (Wildman–Crippen LogP) is 2.21. The van der Waals surface area contributed by atoms with Crippen LogP contribution in [0.3, 0.4) is 0 Å². The second-order valence-corrected chi connectivity index (χ2v) is 5.86. The Bertz CT molecular complexity index is 381. The highest BCUT2D eigenvalue weighted by Crippen LogP contribution is 2.56. The van der Waals surface area contributed by atoms with Gasteiger partial charge in [-0.3, -0.25) is 0 Å². The van der Waals surface area contributed by atoms with Crippen LogP contribution in [0.4, 0.5) is 0 Å². The van der Waals surface area contributed by atoms with Crippen LogP contribution in [0.15, 0.2) is 30.3 Å². The minimum absolute atomic E-state index is 0.0998. The minimum Gasteiger partial charge on any atom is -0.324 e. The van der Waals surface area contributed by atoms with Crippen molar-refractivity contribution in [1.82, 2.24) is 4.90 Å². The molecule has 2 nitrogen and oxygen atoms in total. The zero-order valence-electron chi connectivity index (χ0n) is 10.6. The fourth-order valence-electron chi connectivity index (χ4n) is 3.41. The molecule has 0 bridgehead atoms. The summed E-state index contributed by atoms with van der Waals surface area (Å²) in [7, 11) is 2.21. The molecule has 1 aromatic carbocycles. The average Bonchev–Trinajstić information content (AvgIpc) is 3.05. The number of nitrogens with zero attached hydrogens (tertiary/aromatic N) is 1. The van der Waals surface area contributed by atoms with E-state index in [4.69, 9.17) is 5.73 Å². The number of benzene rings is 1.